The predicted octanol–water partition coefficient (Wildman–Crippen LogP) is 4.83. The lowest BCUT2D eigenvalue weighted by Gasteiger charge is -2.14. The molecule has 0 unspecified atom stereocenters. The SMILES string of the molecule is CN(CCOc1cc2ncnc(Nc3ccc(Br)c(Cl)c3F)c2cc1[N+](=O)[O-])C(=O)O. The number of fused-ring (bicyclic) bond motifs is 1. The first kappa shape index (κ1) is 22.4. The van der Waals surface area contributed by atoms with Crippen molar-refractivity contribution < 1.29 is 24.0 Å². The van der Waals surface area contributed by atoms with Gasteiger partial charge in [-0.05, 0) is 28.1 Å². The number of nitro groups is 1. The number of hydrogen-bond donors (Lipinski definition) is 2. The van der Waals surface area contributed by atoms with Gasteiger partial charge in [-0.15, -0.1) is 0 Å². The lowest BCUT2D eigenvalue weighted by Crippen LogP contribution is -2.29. The van der Waals surface area contributed by atoms with Crippen LogP contribution in [0.5, 0.6) is 5.75 Å². The summed E-state index contributed by atoms with van der Waals surface area (Å²) in [7, 11) is 1.35. The van der Waals surface area contributed by atoms with Gasteiger partial charge in [-0.3, -0.25) is 10.1 Å². The van der Waals surface area contributed by atoms with Crippen molar-refractivity contribution in [2.75, 3.05) is 25.5 Å². The molecule has 0 fully saturated rings. The number of rotatable bonds is 7. The smallest absolute Gasteiger partial charge is 0.407 e. The fraction of sp³-hybridized carbons (Fsp3) is 0.167. The Hall–Kier alpha value is -3.25. The molecule has 0 bridgehead atoms. The molecule has 0 saturated heterocycles. The highest BCUT2D eigenvalue weighted by atomic mass is 79.9. The summed E-state index contributed by atoms with van der Waals surface area (Å²) in [5.74, 6) is -0.679. The highest BCUT2D eigenvalue weighted by molar-refractivity contribution is 9.10. The summed E-state index contributed by atoms with van der Waals surface area (Å²) < 4.78 is 20.2. The zero-order chi connectivity index (χ0) is 22.7. The standard InChI is InChI=1S/C18H14BrClFN5O5/c1-25(18(27)28)4-5-31-14-7-12-9(6-13(14)26(29)30)17(23-8-22-12)24-11-3-2-10(19)15(20)16(11)21/h2-3,6-8H,4-5H2,1H3,(H,27,28)(H,22,23,24). The van der Waals surface area contributed by atoms with Crippen LogP contribution in [0.25, 0.3) is 10.9 Å². The second-order valence-corrected chi connectivity index (χ2v) is 7.45. The van der Waals surface area contributed by atoms with Gasteiger partial charge in [0.05, 0.1) is 33.1 Å². The molecule has 0 aliphatic rings. The minimum Gasteiger partial charge on any atom is -0.485 e. The Kier molecular flexibility index (Phi) is 6.71. The van der Waals surface area contributed by atoms with Crippen molar-refractivity contribution in [1.82, 2.24) is 14.9 Å². The van der Waals surface area contributed by atoms with Gasteiger partial charge in [0.15, 0.2) is 11.6 Å². The number of nitro benzene ring substituents is 1. The van der Waals surface area contributed by atoms with Crippen LogP contribution in [0, 0.1) is 15.9 Å². The number of amides is 1. The zero-order valence-corrected chi connectivity index (χ0v) is 18.1. The van der Waals surface area contributed by atoms with Gasteiger partial charge in [-0.25, -0.2) is 19.2 Å². The molecular weight excluding hydrogens is 501 g/mol. The molecule has 1 amide bonds. The molecular formula is C18H14BrClFN5O5. The molecule has 162 valence electrons. The van der Waals surface area contributed by atoms with Crippen LogP contribution in [0.1, 0.15) is 0 Å². The average molecular weight is 515 g/mol. The van der Waals surface area contributed by atoms with Crippen LogP contribution in [0.3, 0.4) is 0 Å². The maximum atomic E-state index is 14.4. The Bertz CT molecular complexity index is 1180. The van der Waals surface area contributed by atoms with Crippen molar-refractivity contribution in [3.63, 3.8) is 0 Å². The number of hydrogen-bond acceptors (Lipinski definition) is 7. The van der Waals surface area contributed by atoms with E-state index in [9.17, 15) is 19.3 Å². The monoisotopic (exact) mass is 513 g/mol. The van der Waals surface area contributed by atoms with Crippen molar-refractivity contribution in [2.24, 2.45) is 0 Å². The van der Waals surface area contributed by atoms with Gasteiger partial charge in [0.25, 0.3) is 0 Å². The fourth-order valence-electron chi connectivity index (χ4n) is 2.57. The maximum Gasteiger partial charge on any atom is 0.407 e. The normalized spacial score (nSPS) is 10.7. The Morgan fingerprint density at radius 3 is 2.84 bits per heavy atom. The van der Waals surface area contributed by atoms with Crippen LogP contribution in [-0.4, -0.2) is 51.2 Å². The topological polar surface area (TPSA) is 131 Å². The minimum atomic E-state index is -1.15. The summed E-state index contributed by atoms with van der Waals surface area (Å²) in [4.78, 5) is 30.9. The van der Waals surface area contributed by atoms with Crippen LogP contribution >= 0.6 is 27.5 Å². The van der Waals surface area contributed by atoms with Crippen molar-refractivity contribution in [1.29, 1.82) is 0 Å². The number of carbonyl (C=O) groups is 1. The van der Waals surface area contributed by atoms with Crippen LogP contribution in [0.15, 0.2) is 35.1 Å². The number of aromatic nitrogens is 2. The summed E-state index contributed by atoms with van der Waals surface area (Å²) in [6, 6.07) is 5.52. The average Bonchev–Trinajstić information content (AvgIpc) is 2.73. The van der Waals surface area contributed by atoms with Crippen LogP contribution < -0.4 is 10.1 Å². The molecule has 0 aliphatic heterocycles. The van der Waals surface area contributed by atoms with Gasteiger partial charge in [-0.1, -0.05) is 11.6 Å². The number of carboxylic acid groups (broad SMARTS) is 1. The molecule has 3 rings (SSSR count). The number of nitrogens with zero attached hydrogens (tertiary/aromatic N) is 4. The maximum absolute atomic E-state index is 14.4. The third-order valence-electron chi connectivity index (χ3n) is 4.21. The van der Waals surface area contributed by atoms with Crippen LogP contribution in [-0.2, 0) is 0 Å². The van der Waals surface area contributed by atoms with E-state index in [1.165, 1.54) is 31.6 Å². The molecule has 10 nitrogen and oxygen atoms in total. The fourth-order valence-corrected chi connectivity index (χ4v) is 3.04. The Balaban J connectivity index is 1.97. The number of likely N-dealkylation sites (N-methyl/N-ethyl adjacent to an activating group) is 1. The first-order chi connectivity index (χ1) is 14.7. The second kappa shape index (κ2) is 9.27. The minimum absolute atomic E-state index is 0.00467. The third-order valence-corrected chi connectivity index (χ3v) is 5.47. The van der Waals surface area contributed by atoms with E-state index in [1.54, 1.807) is 6.07 Å². The van der Waals surface area contributed by atoms with E-state index in [1.807, 2.05) is 0 Å². The molecule has 2 aromatic carbocycles. The molecule has 13 heteroatoms. The Morgan fingerprint density at radius 1 is 1.42 bits per heavy atom. The molecule has 1 heterocycles. The molecule has 2 N–H and O–H groups in total. The molecule has 0 atom stereocenters. The molecule has 0 radical (unpaired) electrons. The van der Waals surface area contributed by atoms with Crippen molar-refractivity contribution >= 4 is 61.7 Å². The summed E-state index contributed by atoms with van der Waals surface area (Å²) >= 11 is 9.03. The summed E-state index contributed by atoms with van der Waals surface area (Å²) in [5.41, 5.74) is -0.0566. The van der Waals surface area contributed by atoms with Crippen molar-refractivity contribution in [2.45, 2.75) is 0 Å². The van der Waals surface area contributed by atoms with E-state index in [4.69, 9.17) is 21.4 Å². The largest absolute Gasteiger partial charge is 0.485 e. The molecule has 0 aliphatic carbocycles. The second-order valence-electron chi connectivity index (χ2n) is 6.22. The van der Waals surface area contributed by atoms with E-state index >= 15 is 0 Å². The lowest BCUT2D eigenvalue weighted by molar-refractivity contribution is -0.385. The molecule has 3 aromatic rings. The Morgan fingerprint density at radius 2 is 2.16 bits per heavy atom. The molecule has 31 heavy (non-hydrogen) atoms. The number of ether oxygens (including phenoxy) is 1. The van der Waals surface area contributed by atoms with Gasteiger partial charge in [-0.2, -0.15) is 0 Å². The van der Waals surface area contributed by atoms with Gasteiger partial charge < -0.3 is 20.1 Å². The van der Waals surface area contributed by atoms with Gasteiger partial charge in [0.1, 0.15) is 18.8 Å². The lowest BCUT2D eigenvalue weighted by atomic mass is 10.2. The predicted molar refractivity (Wildman–Crippen MR) is 115 cm³/mol. The zero-order valence-electron chi connectivity index (χ0n) is 15.8. The summed E-state index contributed by atoms with van der Waals surface area (Å²) in [6.07, 6.45) is 0.0528. The first-order valence-corrected chi connectivity index (χ1v) is 9.76. The number of halogens is 3. The molecule has 0 spiro atoms. The number of nitrogens with one attached hydrogen (secondary N) is 1. The summed E-state index contributed by atoms with van der Waals surface area (Å²) in [6.45, 7) is -0.0986. The van der Waals surface area contributed by atoms with Crippen LogP contribution in [0.4, 0.5) is 26.4 Å². The van der Waals surface area contributed by atoms with Crippen molar-refractivity contribution in [3.8, 4) is 5.75 Å². The summed E-state index contributed by atoms with van der Waals surface area (Å²) in [5, 5.41) is 23.3. The van der Waals surface area contributed by atoms with E-state index in [0.29, 0.717) is 9.99 Å². The first-order valence-electron chi connectivity index (χ1n) is 8.59. The third kappa shape index (κ3) is 4.91. The molecule has 0 saturated carbocycles. The van der Waals surface area contributed by atoms with E-state index in [-0.39, 0.29) is 46.5 Å². The highest BCUT2D eigenvalue weighted by Gasteiger charge is 2.20. The van der Waals surface area contributed by atoms with Crippen LogP contribution in [0.2, 0.25) is 5.02 Å². The van der Waals surface area contributed by atoms with E-state index < -0.39 is 16.8 Å². The highest BCUT2D eigenvalue weighted by Crippen LogP contribution is 2.36. The van der Waals surface area contributed by atoms with E-state index in [0.717, 1.165) is 4.90 Å². The Labute approximate surface area is 187 Å². The number of benzene rings is 2. The number of anilines is 2. The quantitative estimate of drug-likeness (QED) is 0.260. The van der Waals surface area contributed by atoms with Gasteiger partial charge in [0.2, 0.25) is 0 Å². The van der Waals surface area contributed by atoms with E-state index in [2.05, 4.69) is 31.2 Å². The van der Waals surface area contributed by atoms with Gasteiger partial charge >= 0.3 is 11.8 Å². The van der Waals surface area contributed by atoms with Crippen molar-refractivity contribution in [3.05, 3.63) is 56.0 Å². The van der Waals surface area contributed by atoms with Gasteiger partial charge in [0, 0.05) is 23.7 Å². The molecule has 1 aromatic heterocycles.